The molecule has 2 N–H and O–H groups in total. The summed E-state index contributed by atoms with van der Waals surface area (Å²) in [5, 5.41) is 18.5. The minimum atomic E-state index is -0.125. The summed E-state index contributed by atoms with van der Waals surface area (Å²) in [7, 11) is 0. The zero-order chi connectivity index (χ0) is 8.10. The Morgan fingerprint density at radius 3 is 2.64 bits per heavy atom. The third-order valence-electron chi connectivity index (χ3n) is 2.09. The van der Waals surface area contributed by atoms with Crippen LogP contribution in [0.1, 0.15) is 25.7 Å². The standard InChI is InChI=1S/C8H16O2S/c9-5-6-11-8-4-2-1-3-7(8)10/h7-10H,1-6H2/t7-,8-/m0/s1. The van der Waals surface area contributed by atoms with Gasteiger partial charge in [0, 0.05) is 11.0 Å². The molecule has 0 bridgehead atoms. The van der Waals surface area contributed by atoms with Gasteiger partial charge in [-0.2, -0.15) is 11.8 Å². The molecule has 1 rings (SSSR count). The Labute approximate surface area is 72.0 Å². The van der Waals surface area contributed by atoms with Crippen LogP contribution >= 0.6 is 11.8 Å². The van der Waals surface area contributed by atoms with Crippen molar-refractivity contribution in [2.45, 2.75) is 37.0 Å². The van der Waals surface area contributed by atoms with E-state index in [9.17, 15) is 5.11 Å². The van der Waals surface area contributed by atoms with Gasteiger partial charge >= 0.3 is 0 Å². The summed E-state index contributed by atoms with van der Waals surface area (Å²) in [5.41, 5.74) is 0. The molecule has 0 amide bonds. The van der Waals surface area contributed by atoms with Crippen LogP contribution in [0, 0.1) is 0 Å². The topological polar surface area (TPSA) is 40.5 Å². The summed E-state index contributed by atoms with van der Waals surface area (Å²) in [6.45, 7) is 0.230. The van der Waals surface area contributed by atoms with E-state index in [1.54, 1.807) is 11.8 Å². The van der Waals surface area contributed by atoms with Crippen molar-refractivity contribution in [2.24, 2.45) is 0 Å². The summed E-state index contributed by atoms with van der Waals surface area (Å²) in [6, 6.07) is 0. The van der Waals surface area contributed by atoms with Crippen LogP contribution in [0.2, 0.25) is 0 Å². The predicted molar refractivity (Wildman–Crippen MR) is 47.8 cm³/mol. The van der Waals surface area contributed by atoms with Gasteiger partial charge < -0.3 is 10.2 Å². The lowest BCUT2D eigenvalue weighted by molar-refractivity contribution is 0.137. The zero-order valence-corrected chi connectivity index (χ0v) is 7.52. The molecule has 0 heterocycles. The zero-order valence-electron chi connectivity index (χ0n) is 6.70. The highest BCUT2D eigenvalue weighted by atomic mass is 32.2. The normalized spacial score (nSPS) is 32.2. The number of aliphatic hydroxyl groups is 2. The fourth-order valence-electron chi connectivity index (χ4n) is 1.48. The highest BCUT2D eigenvalue weighted by molar-refractivity contribution is 7.99. The first-order valence-corrected chi connectivity index (χ1v) is 5.30. The van der Waals surface area contributed by atoms with Gasteiger partial charge in [-0.1, -0.05) is 12.8 Å². The van der Waals surface area contributed by atoms with Crippen molar-refractivity contribution in [1.82, 2.24) is 0 Å². The van der Waals surface area contributed by atoms with Gasteiger partial charge in [-0.05, 0) is 12.8 Å². The molecule has 3 heteroatoms. The summed E-state index contributed by atoms with van der Waals surface area (Å²) >= 11 is 1.71. The molecule has 0 radical (unpaired) electrons. The van der Waals surface area contributed by atoms with Crippen molar-refractivity contribution in [2.75, 3.05) is 12.4 Å². The quantitative estimate of drug-likeness (QED) is 0.674. The minimum absolute atomic E-state index is 0.125. The lowest BCUT2D eigenvalue weighted by atomic mass is 9.97. The van der Waals surface area contributed by atoms with Gasteiger partial charge in [0.25, 0.3) is 0 Å². The van der Waals surface area contributed by atoms with Gasteiger partial charge in [0.05, 0.1) is 12.7 Å². The van der Waals surface area contributed by atoms with Crippen LogP contribution in [-0.2, 0) is 0 Å². The maximum absolute atomic E-state index is 9.49. The van der Waals surface area contributed by atoms with E-state index in [1.165, 1.54) is 6.42 Å². The molecule has 2 nitrogen and oxygen atoms in total. The van der Waals surface area contributed by atoms with Gasteiger partial charge in [-0.25, -0.2) is 0 Å². The van der Waals surface area contributed by atoms with Gasteiger partial charge in [0.2, 0.25) is 0 Å². The second kappa shape index (κ2) is 5.01. The van der Waals surface area contributed by atoms with Crippen molar-refractivity contribution in [1.29, 1.82) is 0 Å². The summed E-state index contributed by atoms with van der Waals surface area (Å²) < 4.78 is 0. The minimum Gasteiger partial charge on any atom is -0.396 e. The summed E-state index contributed by atoms with van der Waals surface area (Å²) in [5.74, 6) is 0.766. The van der Waals surface area contributed by atoms with Crippen LogP contribution in [0.4, 0.5) is 0 Å². The third-order valence-corrected chi connectivity index (χ3v) is 3.49. The molecule has 1 aliphatic rings. The number of hydrogen-bond donors (Lipinski definition) is 2. The first-order chi connectivity index (χ1) is 5.34. The first-order valence-electron chi connectivity index (χ1n) is 4.25. The van der Waals surface area contributed by atoms with E-state index in [4.69, 9.17) is 5.11 Å². The van der Waals surface area contributed by atoms with Gasteiger partial charge in [-0.15, -0.1) is 0 Å². The Balaban J connectivity index is 2.18. The third kappa shape index (κ3) is 3.01. The smallest absolute Gasteiger partial charge is 0.0658 e. The summed E-state index contributed by atoms with van der Waals surface area (Å²) in [6.07, 6.45) is 4.34. The van der Waals surface area contributed by atoms with E-state index in [2.05, 4.69) is 0 Å². The lowest BCUT2D eigenvalue weighted by Gasteiger charge is -2.26. The molecule has 0 aromatic rings. The van der Waals surface area contributed by atoms with E-state index < -0.39 is 0 Å². The Morgan fingerprint density at radius 1 is 1.27 bits per heavy atom. The van der Waals surface area contributed by atoms with Gasteiger partial charge in [-0.3, -0.25) is 0 Å². The molecular weight excluding hydrogens is 160 g/mol. The highest BCUT2D eigenvalue weighted by Gasteiger charge is 2.22. The van der Waals surface area contributed by atoms with Crippen molar-refractivity contribution in [3.05, 3.63) is 0 Å². The molecule has 0 saturated heterocycles. The average Bonchev–Trinajstić information content (AvgIpc) is 2.03. The molecule has 0 spiro atoms. The van der Waals surface area contributed by atoms with Crippen LogP contribution in [0.5, 0.6) is 0 Å². The van der Waals surface area contributed by atoms with Gasteiger partial charge in [0.15, 0.2) is 0 Å². The molecule has 0 unspecified atom stereocenters. The second-order valence-electron chi connectivity index (χ2n) is 2.98. The van der Waals surface area contributed by atoms with Crippen molar-refractivity contribution in [3.8, 4) is 0 Å². The lowest BCUT2D eigenvalue weighted by Crippen LogP contribution is -2.27. The van der Waals surface area contributed by atoms with Crippen molar-refractivity contribution < 1.29 is 10.2 Å². The molecular formula is C8H16O2S. The van der Waals surface area contributed by atoms with Crippen LogP contribution in [0.15, 0.2) is 0 Å². The average molecular weight is 176 g/mol. The molecule has 1 aliphatic carbocycles. The Bertz CT molecular complexity index is 108. The molecule has 66 valence electrons. The maximum atomic E-state index is 9.49. The molecule has 1 saturated carbocycles. The second-order valence-corrected chi connectivity index (χ2v) is 4.33. The fourth-order valence-corrected chi connectivity index (χ4v) is 2.58. The van der Waals surface area contributed by atoms with Crippen LogP contribution < -0.4 is 0 Å². The predicted octanol–water partition coefficient (Wildman–Crippen LogP) is 1.02. The molecule has 0 aliphatic heterocycles. The van der Waals surface area contributed by atoms with E-state index in [-0.39, 0.29) is 12.7 Å². The monoisotopic (exact) mass is 176 g/mol. The maximum Gasteiger partial charge on any atom is 0.0658 e. The largest absolute Gasteiger partial charge is 0.396 e. The van der Waals surface area contributed by atoms with E-state index in [0.717, 1.165) is 25.0 Å². The number of rotatable bonds is 3. The van der Waals surface area contributed by atoms with Crippen LogP contribution in [0.3, 0.4) is 0 Å². The van der Waals surface area contributed by atoms with Crippen molar-refractivity contribution >= 4 is 11.8 Å². The molecule has 0 aromatic carbocycles. The fraction of sp³-hybridized carbons (Fsp3) is 1.00. The molecule has 11 heavy (non-hydrogen) atoms. The molecule has 2 atom stereocenters. The van der Waals surface area contributed by atoms with Crippen molar-refractivity contribution in [3.63, 3.8) is 0 Å². The molecule has 1 fully saturated rings. The first kappa shape index (κ1) is 9.36. The van der Waals surface area contributed by atoms with E-state index in [0.29, 0.717) is 5.25 Å². The Morgan fingerprint density at radius 2 is 2.00 bits per heavy atom. The number of thioether (sulfide) groups is 1. The van der Waals surface area contributed by atoms with Gasteiger partial charge in [0.1, 0.15) is 0 Å². The van der Waals surface area contributed by atoms with E-state index >= 15 is 0 Å². The highest BCUT2D eigenvalue weighted by Crippen LogP contribution is 2.28. The van der Waals surface area contributed by atoms with Crippen LogP contribution in [0.25, 0.3) is 0 Å². The number of hydrogen-bond acceptors (Lipinski definition) is 3. The SMILES string of the molecule is OCCS[C@H]1CCCC[C@@H]1O. The summed E-state index contributed by atoms with van der Waals surface area (Å²) in [4.78, 5) is 0. The molecule has 0 aromatic heterocycles. The van der Waals surface area contributed by atoms with E-state index in [1.807, 2.05) is 0 Å². The Hall–Kier alpha value is 0.270. The number of aliphatic hydroxyl groups excluding tert-OH is 2. The van der Waals surface area contributed by atoms with Crippen LogP contribution in [-0.4, -0.2) is 33.9 Å². The Kier molecular flexibility index (Phi) is 4.26.